The molecule has 3 amide bonds. The van der Waals surface area contributed by atoms with Crippen molar-refractivity contribution >= 4 is 29.7 Å². The first-order valence-corrected chi connectivity index (χ1v) is 7.93. The molecule has 2 atom stereocenters. The molecular weight excluding hydrogens is 280 g/mol. The molecule has 0 bridgehead atoms. The number of imide groups is 1. The summed E-state index contributed by atoms with van der Waals surface area (Å²) in [5, 5.41) is 13.9. The third-order valence-corrected chi connectivity index (χ3v) is 4.47. The van der Waals surface area contributed by atoms with Gasteiger partial charge < -0.3 is 10.4 Å². The van der Waals surface area contributed by atoms with Gasteiger partial charge in [0.1, 0.15) is 0 Å². The summed E-state index contributed by atoms with van der Waals surface area (Å²) in [6, 6.07) is -0.497. The number of aliphatic carboxylic acids is 1. The van der Waals surface area contributed by atoms with E-state index in [2.05, 4.69) is 10.6 Å². The zero-order valence-corrected chi connectivity index (χ0v) is 12.5. The van der Waals surface area contributed by atoms with Gasteiger partial charge in [0.25, 0.3) is 0 Å². The summed E-state index contributed by atoms with van der Waals surface area (Å²) in [6.45, 7) is 2.23. The molecule has 0 aromatic heterocycles. The van der Waals surface area contributed by atoms with Crippen LogP contribution in [0.3, 0.4) is 0 Å². The number of nitrogens with one attached hydrogen (secondary N) is 2. The normalized spacial score (nSPS) is 19.9. The van der Waals surface area contributed by atoms with Gasteiger partial charge in [0.05, 0.1) is 0 Å². The van der Waals surface area contributed by atoms with Crippen LogP contribution in [0.25, 0.3) is 0 Å². The molecule has 1 aliphatic rings. The van der Waals surface area contributed by atoms with E-state index in [4.69, 9.17) is 5.11 Å². The van der Waals surface area contributed by atoms with Crippen molar-refractivity contribution in [2.24, 2.45) is 5.92 Å². The Morgan fingerprint density at radius 1 is 1.30 bits per heavy atom. The van der Waals surface area contributed by atoms with Gasteiger partial charge in [0, 0.05) is 24.6 Å². The largest absolute Gasteiger partial charge is 0.481 e. The summed E-state index contributed by atoms with van der Waals surface area (Å²) in [4.78, 5) is 33.5. The van der Waals surface area contributed by atoms with E-state index >= 15 is 0 Å². The van der Waals surface area contributed by atoms with Crippen molar-refractivity contribution in [3.63, 3.8) is 0 Å². The Labute approximate surface area is 123 Å². The monoisotopic (exact) mass is 302 g/mol. The van der Waals surface area contributed by atoms with Gasteiger partial charge in [-0.25, -0.2) is 4.79 Å². The van der Waals surface area contributed by atoms with Gasteiger partial charge >= 0.3 is 12.0 Å². The van der Waals surface area contributed by atoms with Gasteiger partial charge in [-0.05, 0) is 24.5 Å². The summed E-state index contributed by atoms with van der Waals surface area (Å²) in [5.74, 6) is -0.537. The molecule has 1 heterocycles. The summed E-state index contributed by atoms with van der Waals surface area (Å²) < 4.78 is 0. The van der Waals surface area contributed by atoms with Crippen LogP contribution < -0.4 is 10.6 Å². The lowest BCUT2D eigenvalue weighted by molar-refractivity contribution is -0.138. The highest BCUT2D eigenvalue weighted by molar-refractivity contribution is 7.99. The molecule has 7 heteroatoms. The highest BCUT2D eigenvalue weighted by Crippen LogP contribution is 2.24. The second-order valence-electron chi connectivity index (χ2n) is 5.15. The van der Waals surface area contributed by atoms with E-state index in [0.29, 0.717) is 11.8 Å². The summed E-state index contributed by atoms with van der Waals surface area (Å²) >= 11 is 1.85. The van der Waals surface area contributed by atoms with Crippen molar-refractivity contribution in [2.75, 3.05) is 12.3 Å². The van der Waals surface area contributed by atoms with Crippen LogP contribution in [0.1, 0.15) is 39.0 Å². The molecule has 0 radical (unpaired) electrons. The Kier molecular flexibility index (Phi) is 7.43. The molecule has 0 aromatic carbocycles. The van der Waals surface area contributed by atoms with Crippen molar-refractivity contribution in [3.05, 3.63) is 0 Å². The molecule has 2 unspecified atom stereocenters. The molecular formula is C13H22N2O4S. The topological polar surface area (TPSA) is 95.5 Å². The summed E-state index contributed by atoms with van der Waals surface area (Å²) in [6.07, 6.45) is 3.47. The van der Waals surface area contributed by atoms with Gasteiger partial charge in [-0.1, -0.05) is 13.3 Å². The van der Waals surface area contributed by atoms with Gasteiger partial charge in [0.15, 0.2) is 0 Å². The lowest BCUT2D eigenvalue weighted by Crippen LogP contribution is -2.42. The first-order valence-electron chi connectivity index (χ1n) is 6.88. The average molecular weight is 302 g/mol. The third kappa shape index (κ3) is 7.37. The van der Waals surface area contributed by atoms with E-state index in [0.717, 1.165) is 12.2 Å². The number of carbonyl (C=O) groups is 3. The maximum Gasteiger partial charge on any atom is 0.321 e. The van der Waals surface area contributed by atoms with Gasteiger partial charge in [-0.15, -0.1) is 0 Å². The quantitative estimate of drug-likeness (QED) is 0.692. The highest BCUT2D eigenvalue weighted by atomic mass is 32.2. The Balaban J connectivity index is 2.17. The SMILES string of the molecule is CC(CC(=O)O)CC(=O)NC(=O)NCC1CCCCS1. The van der Waals surface area contributed by atoms with Crippen molar-refractivity contribution in [1.29, 1.82) is 0 Å². The minimum atomic E-state index is -0.941. The summed E-state index contributed by atoms with van der Waals surface area (Å²) in [5.41, 5.74) is 0. The minimum absolute atomic E-state index is 0.0396. The molecule has 0 aliphatic carbocycles. The Morgan fingerprint density at radius 3 is 2.65 bits per heavy atom. The lowest BCUT2D eigenvalue weighted by atomic mass is 10.0. The number of amides is 3. The van der Waals surface area contributed by atoms with Crippen molar-refractivity contribution in [1.82, 2.24) is 10.6 Å². The molecule has 1 rings (SSSR count). The molecule has 6 nitrogen and oxygen atoms in total. The zero-order valence-electron chi connectivity index (χ0n) is 11.7. The van der Waals surface area contributed by atoms with E-state index in [1.165, 1.54) is 12.8 Å². The number of carbonyl (C=O) groups excluding carboxylic acids is 2. The van der Waals surface area contributed by atoms with Crippen LogP contribution in [0.4, 0.5) is 4.79 Å². The van der Waals surface area contributed by atoms with Crippen LogP contribution in [-0.4, -0.2) is 40.6 Å². The molecule has 0 saturated carbocycles. The van der Waals surface area contributed by atoms with Crippen molar-refractivity contribution < 1.29 is 19.5 Å². The number of rotatable bonds is 6. The molecule has 1 aliphatic heterocycles. The van der Waals surface area contributed by atoms with E-state index in [-0.39, 0.29) is 18.8 Å². The number of carboxylic acid groups (broad SMARTS) is 1. The summed E-state index contributed by atoms with van der Waals surface area (Å²) in [7, 11) is 0. The lowest BCUT2D eigenvalue weighted by Gasteiger charge is -2.21. The average Bonchev–Trinajstić information content (AvgIpc) is 2.36. The van der Waals surface area contributed by atoms with Crippen LogP contribution in [0.15, 0.2) is 0 Å². The smallest absolute Gasteiger partial charge is 0.321 e. The fourth-order valence-corrected chi connectivity index (χ4v) is 3.32. The number of thioether (sulfide) groups is 1. The molecule has 20 heavy (non-hydrogen) atoms. The molecule has 1 saturated heterocycles. The maximum atomic E-state index is 11.5. The second kappa shape index (κ2) is 8.84. The van der Waals surface area contributed by atoms with Gasteiger partial charge in [-0.2, -0.15) is 11.8 Å². The van der Waals surface area contributed by atoms with Gasteiger partial charge in [0.2, 0.25) is 5.91 Å². The zero-order chi connectivity index (χ0) is 15.0. The van der Waals surface area contributed by atoms with E-state index in [9.17, 15) is 14.4 Å². The molecule has 0 aromatic rings. The number of hydrogen-bond acceptors (Lipinski definition) is 4. The minimum Gasteiger partial charge on any atom is -0.481 e. The maximum absolute atomic E-state index is 11.5. The van der Waals surface area contributed by atoms with Crippen LogP contribution in [-0.2, 0) is 9.59 Å². The predicted molar refractivity (Wildman–Crippen MR) is 77.7 cm³/mol. The number of carboxylic acids is 1. The second-order valence-corrected chi connectivity index (χ2v) is 6.56. The van der Waals surface area contributed by atoms with Crippen LogP contribution >= 0.6 is 11.8 Å². The van der Waals surface area contributed by atoms with Gasteiger partial charge in [-0.3, -0.25) is 14.9 Å². The standard InChI is InChI=1S/C13H22N2O4S/c1-9(7-12(17)18)6-11(16)15-13(19)14-8-10-4-2-3-5-20-10/h9-10H,2-8H2,1H3,(H,17,18)(H2,14,15,16,19). The van der Waals surface area contributed by atoms with Crippen molar-refractivity contribution in [3.8, 4) is 0 Å². The molecule has 114 valence electrons. The predicted octanol–water partition coefficient (Wildman–Crippen LogP) is 1.60. The number of hydrogen-bond donors (Lipinski definition) is 3. The fraction of sp³-hybridized carbons (Fsp3) is 0.769. The fourth-order valence-electron chi connectivity index (χ4n) is 2.08. The molecule has 1 fully saturated rings. The molecule has 3 N–H and O–H groups in total. The van der Waals surface area contributed by atoms with E-state index in [1.54, 1.807) is 6.92 Å². The van der Waals surface area contributed by atoms with E-state index < -0.39 is 17.9 Å². The third-order valence-electron chi connectivity index (χ3n) is 3.07. The Hall–Kier alpha value is -1.24. The number of urea groups is 1. The Morgan fingerprint density at radius 2 is 2.05 bits per heavy atom. The van der Waals surface area contributed by atoms with Crippen LogP contribution in [0, 0.1) is 5.92 Å². The Bertz CT molecular complexity index is 356. The first kappa shape index (κ1) is 16.8. The first-order chi connectivity index (χ1) is 9.47. The van der Waals surface area contributed by atoms with E-state index in [1.807, 2.05) is 11.8 Å². The van der Waals surface area contributed by atoms with Crippen LogP contribution in [0.5, 0.6) is 0 Å². The highest BCUT2D eigenvalue weighted by Gasteiger charge is 2.17. The van der Waals surface area contributed by atoms with Crippen molar-refractivity contribution in [2.45, 2.75) is 44.3 Å². The molecule has 0 spiro atoms. The van der Waals surface area contributed by atoms with Crippen LogP contribution in [0.2, 0.25) is 0 Å².